The van der Waals surface area contributed by atoms with E-state index in [1.54, 1.807) is 7.11 Å². The standard InChI is InChI=1S/C26H45N5O2/c1-6-8-10-12-15-27-25-21-19-23(32-5)24(33-18-14-17-31(3)4)20-22(21)29-26(30-25)28-16-13-11-9-7-2/h19-20H,6-18H2,1-5H3,(H2,27,28,29,30). The molecule has 0 fully saturated rings. The number of nitrogens with one attached hydrogen (secondary N) is 2. The van der Waals surface area contributed by atoms with Gasteiger partial charge in [-0.3, -0.25) is 0 Å². The molecule has 0 saturated carbocycles. The minimum Gasteiger partial charge on any atom is -0.493 e. The largest absolute Gasteiger partial charge is 0.493 e. The van der Waals surface area contributed by atoms with E-state index < -0.39 is 0 Å². The third-order valence-corrected chi connectivity index (χ3v) is 5.62. The quantitative estimate of drug-likeness (QED) is 0.267. The molecule has 186 valence electrons. The van der Waals surface area contributed by atoms with Crippen LogP contribution in [0.5, 0.6) is 11.5 Å². The Morgan fingerprint density at radius 1 is 0.818 bits per heavy atom. The van der Waals surface area contributed by atoms with Crippen LogP contribution >= 0.6 is 0 Å². The fourth-order valence-corrected chi connectivity index (χ4v) is 3.70. The van der Waals surface area contributed by atoms with Crippen molar-refractivity contribution in [3.8, 4) is 11.5 Å². The van der Waals surface area contributed by atoms with Gasteiger partial charge in [-0.05, 0) is 39.4 Å². The minimum atomic E-state index is 0.635. The average Bonchev–Trinajstić information content (AvgIpc) is 2.80. The van der Waals surface area contributed by atoms with Crippen molar-refractivity contribution in [2.75, 3.05) is 58.1 Å². The second-order valence-electron chi connectivity index (χ2n) is 8.90. The molecule has 2 rings (SSSR count). The third kappa shape index (κ3) is 9.62. The first kappa shape index (κ1) is 27.0. The molecule has 0 saturated heterocycles. The molecular formula is C26H45N5O2. The van der Waals surface area contributed by atoms with Crippen LogP contribution in [0.15, 0.2) is 12.1 Å². The third-order valence-electron chi connectivity index (χ3n) is 5.62. The zero-order valence-corrected chi connectivity index (χ0v) is 21.5. The number of benzene rings is 1. The highest BCUT2D eigenvalue weighted by atomic mass is 16.5. The fraction of sp³-hybridized carbons (Fsp3) is 0.692. The fourth-order valence-electron chi connectivity index (χ4n) is 3.70. The molecule has 0 aliphatic rings. The molecule has 1 heterocycles. The molecule has 2 aromatic rings. The average molecular weight is 460 g/mol. The molecule has 0 unspecified atom stereocenters. The van der Waals surface area contributed by atoms with Gasteiger partial charge in [0, 0.05) is 31.1 Å². The van der Waals surface area contributed by atoms with Crippen LogP contribution in [0.25, 0.3) is 10.9 Å². The van der Waals surface area contributed by atoms with Gasteiger partial charge in [-0.15, -0.1) is 0 Å². The number of ether oxygens (including phenoxy) is 2. The van der Waals surface area contributed by atoms with Gasteiger partial charge in [-0.25, -0.2) is 4.98 Å². The maximum absolute atomic E-state index is 6.06. The smallest absolute Gasteiger partial charge is 0.225 e. The summed E-state index contributed by atoms with van der Waals surface area (Å²) in [4.78, 5) is 11.8. The highest BCUT2D eigenvalue weighted by Gasteiger charge is 2.14. The Bertz CT molecular complexity index is 813. The maximum Gasteiger partial charge on any atom is 0.225 e. The monoisotopic (exact) mass is 459 g/mol. The Kier molecular flexibility index (Phi) is 12.7. The minimum absolute atomic E-state index is 0.635. The molecule has 0 bridgehead atoms. The van der Waals surface area contributed by atoms with Gasteiger partial charge in [0.25, 0.3) is 0 Å². The molecule has 1 aromatic carbocycles. The molecule has 0 atom stereocenters. The zero-order valence-electron chi connectivity index (χ0n) is 21.5. The van der Waals surface area contributed by atoms with Crippen LogP contribution < -0.4 is 20.1 Å². The lowest BCUT2D eigenvalue weighted by atomic mass is 10.2. The van der Waals surface area contributed by atoms with E-state index in [-0.39, 0.29) is 0 Å². The van der Waals surface area contributed by atoms with Gasteiger partial charge >= 0.3 is 0 Å². The van der Waals surface area contributed by atoms with E-state index in [9.17, 15) is 0 Å². The van der Waals surface area contributed by atoms with Gasteiger partial charge < -0.3 is 25.0 Å². The SMILES string of the molecule is CCCCCCNc1nc(NCCCCCC)c2cc(OC)c(OCCCN(C)C)cc2n1. The Morgan fingerprint density at radius 3 is 2.15 bits per heavy atom. The number of hydrogen-bond acceptors (Lipinski definition) is 7. The Morgan fingerprint density at radius 2 is 1.52 bits per heavy atom. The molecule has 0 aliphatic carbocycles. The number of aromatic nitrogens is 2. The van der Waals surface area contributed by atoms with Crippen molar-refractivity contribution in [1.29, 1.82) is 0 Å². The Hall–Kier alpha value is -2.28. The number of nitrogens with zero attached hydrogens (tertiary/aromatic N) is 3. The Labute approximate surface area is 200 Å². The van der Waals surface area contributed by atoms with E-state index >= 15 is 0 Å². The molecule has 2 N–H and O–H groups in total. The second kappa shape index (κ2) is 15.5. The van der Waals surface area contributed by atoms with Gasteiger partial charge in [-0.2, -0.15) is 4.98 Å². The predicted octanol–water partition coefficient (Wildman–Crippen LogP) is 5.95. The number of rotatable bonds is 18. The van der Waals surface area contributed by atoms with Crippen molar-refractivity contribution in [3.05, 3.63) is 12.1 Å². The number of hydrogen-bond donors (Lipinski definition) is 2. The number of fused-ring (bicyclic) bond motifs is 1. The van der Waals surface area contributed by atoms with Crippen LogP contribution in [0.1, 0.15) is 71.6 Å². The molecule has 33 heavy (non-hydrogen) atoms. The Balaban J connectivity index is 2.21. The van der Waals surface area contributed by atoms with E-state index in [4.69, 9.17) is 19.4 Å². The summed E-state index contributed by atoms with van der Waals surface area (Å²) in [6.07, 6.45) is 10.6. The predicted molar refractivity (Wildman–Crippen MR) is 140 cm³/mol. The van der Waals surface area contributed by atoms with Crippen molar-refractivity contribution in [2.24, 2.45) is 0 Å². The summed E-state index contributed by atoms with van der Waals surface area (Å²) in [5.74, 6) is 2.96. The van der Waals surface area contributed by atoms with Crippen LogP contribution in [0, 0.1) is 0 Å². The molecule has 0 spiro atoms. The lowest BCUT2D eigenvalue weighted by Crippen LogP contribution is -2.15. The van der Waals surface area contributed by atoms with Crippen LogP contribution in [-0.2, 0) is 0 Å². The van der Waals surface area contributed by atoms with Crippen molar-refractivity contribution < 1.29 is 9.47 Å². The van der Waals surface area contributed by atoms with E-state index in [1.165, 1.54) is 38.5 Å². The molecule has 0 radical (unpaired) electrons. The van der Waals surface area contributed by atoms with Gasteiger partial charge in [0.1, 0.15) is 5.82 Å². The van der Waals surface area contributed by atoms with Gasteiger partial charge in [-0.1, -0.05) is 52.4 Å². The van der Waals surface area contributed by atoms with Gasteiger partial charge in [0.2, 0.25) is 5.95 Å². The van der Waals surface area contributed by atoms with E-state index in [1.807, 2.05) is 12.1 Å². The molecule has 0 amide bonds. The summed E-state index contributed by atoms with van der Waals surface area (Å²) in [5, 5.41) is 7.92. The summed E-state index contributed by atoms with van der Waals surface area (Å²) in [5.41, 5.74) is 0.862. The van der Waals surface area contributed by atoms with Crippen molar-refractivity contribution in [1.82, 2.24) is 14.9 Å². The highest BCUT2D eigenvalue weighted by Crippen LogP contribution is 2.35. The van der Waals surface area contributed by atoms with Gasteiger partial charge in [0.15, 0.2) is 11.5 Å². The first-order chi connectivity index (χ1) is 16.1. The highest BCUT2D eigenvalue weighted by molar-refractivity contribution is 5.92. The first-order valence-electron chi connectivity index (χ1n) is 12.7. The normalized spacial score (nSPS) is 11.2. The van der Waals surface area contributed by atoms with Gasteiger partial charge in [0.05, 0.1) is 19.2 Å². The van der Waals surface area contributed by atoms with E-state index in [2.05, 4.69) is 43.5 Å². The lowest BCUT2D eigenvalue weighted by Gasteiger charge is -2.16. The first-order valence-corrected chi connectivity index (χ1v) is 12.7. The van der Waals surface area contributed by atoms with E-state index in [0.29, 0.717) is 18.3 Å². The van der Waals surface area contributed by atoms with Crippen LogP contribution in [0.2, 0.25) is 0 Å². The topological polar surface area (TPSA) is 71.5 Å². The number of anilines is 2. The summed E-state index contributed by atoms with van der Waals surface area (Å²) in [6.45, 7) is 7.86. The number of methoxy groups -OCH3 is 1. The second-order valence-corrected chi connectivity index (χ2v) is 8.90. The summed E-state index contributed by atoms with van der Waals surface area (Å²) >= 11 is 0. The molecular weight excluding hydrogens is 414 g/mol. The molecule has 7 heteroatoms. The molecule has 1 aromatic heterocycles. The van der Waals surface area contributed by atoms with Crippen molar-refractivity contribution in [3.63, 3.8) is 0 Å². The van der Waals surface area contributed by atoms with Crippen molar-refractivity contribution >= 4 is 22.7 Å². The zero-order chi connectivity index (χ0) is 23.9. The maximum atomic E-state index is 6.06. The summed E-state index contributed by atoms with van der Waals surface area (Å²) in [7, 11) is 5.82. The lowest BCUT2D eigenvalue weighted by molar-refractivity contribution is 0.268. The van der Waals surface area contributed by atoms with Crippen LogP contribution in [0.3, 0.4) is 0 Å². The van der Waals surface area contributed by atoms with E-state index in [0.717, 1.165) is 61.4 Å². The number of unbranched alkanes of at least 4 members (excludes halogenated alkanes) is 6. The summed E-state index contributed by atoms with van der Waals surface area (Å²) < 4.78 is 11.7. The van der Waals surface area contributed by atoms with Crippen LogP contribution in [-0.4, -0.2) is 62.3 Å². The summed E-state index contributed by atoms with van der Waals surface area (Å²) in [6, 6.07) is 3.98. The molecule has 0 aliphatic heterocycles. The van der Waals surface area contributed by atoms with Crippen molar-refractivity contribution in [2.45, 2.75) is 71.6 Å². The molecule has 7 nitrogen and oxygen atoms in total. The van der Waals surface area contributed by atoms with Crippen LogP contribution in [0.4, 0.5) is 11.8 Å².